The summed E-state index contributed by atoms with van der Waals surface area (Å²) in [5, 5.41) is 9.60. The van der Waals surface area contributed by atoms with Crippen LogP contribution in [0.5, 0.6) is 0 Å². The summed E-state index contributed by atoms with van der Waals surface area (Å²) in [5.74, 6) is 0.371. The van der Waals surface area contributed by atoms with E-state index in [1.165, 1.54) is 12.8 Å². The minimum atomic E-state index is -0.116. The zero-order chi connectivity index (χ0) is 8.97. The highest BCUT2D eigenvalue weighted by atomic mass is 16.3. The number of hydrogen-bond donors (Lipinski definition) is 1. The highest BCUT2D eigenvalue weighted by molar-refractivity contribution is 5.12. The third-order valence-electron chi connectivity index (χ3n) is 2.41. The second-order valence-corrected chi connectivity index (χ2v) is 3.72. The Morgan fingerprint density at radius 1 is 1.42 bits per heavy atom. The molecule has 1 aliphatic carbocycles. The maximum absolute atomic E-state index is 9.60. The summed E-state index contributed by atoms with van der Waals surface area (Å²) in [6.07, 6.45) is 8.52. The fourth-order valence-electron chi connectivity index (χ4n) is 1.65. The van der Waals surface area contributed by atoms with Crippen LogP contribution >= 0.6 is 0 Å². The molecule has 0 aromatic rings. The van der Waals surface area contributed by atoms with E-state index in [2.05, 4.69) is 12.7 Å². The second kappa shape index (κ2) is 4.46. The zero-order valence-corrected chi connectivity index (χ0v) is 7.79. The zero-order valence-electron chi connectivity index (χ0n) is 7.79. The highest BCUT2D eigenvalue weighted by Gasteiger charge is 2.19. The molecule has 0 bridgehead atoms. The average Bonchev–Trinajstić information content (AvgIpc) is 2.03. The van der Waals surface area contributed by atoms with E-state index in [1.54, 1.807) is 0 Å². The maximum Gasteiger partial charge on any atom is 0.0602 e. The number of hydrogen-bond acceptors (Lipinski definition) is 1. The minimum Gasteiger partial charge on any atom is -0.393 e. The quantitative estimate of drug-likeness (QED) is 0.625. The summed E-state index contributed by atoms with van der Waals surface area (Å²) in [5.41, 5.74) is 1.06. The Hall–Kier alpha value is -0.560. The molecule has 0 aromatic carbocycles. The van der Waals surface area contributed by atoms with Gasteiger partial charge in [0.05, 0.1) is 6.10 Å². The van der Waals surface area contributed by atoms with Gasteiger partial charge < -0.3 is 5.11 Å². The minimum absolute atomic E-state index is 0.116. The predicted molar refractivity (Wildman–Crippen MR) is 51.9 cm³/mol. The molecule has 1 rings (SSSR count). The van der Waals surface area contributed by atoms with Gasteiger partial charge in [-0.1, -0.05) is 37.1 Å². The molecular weight excluding hydrogens is 148 g/mol. The van der Waals surface area contributed by atoms with Crippen molar-refractivity contribution in [1.82, 2.24) is 0 Å². The van der Waals surface area contributed by atoms with Gasteiger partial charge in [-0.05, 0) is 19.8 Å². The Morgan fingerprint density at radius 3 is 2.67 bits per heavy atom. The molecule has 2 atom stereocenters. The lowest BCUT2D eigenvalue weighted by Gasteiger charge is -2.24. The van der Waals surface area contributed by atoms with Crippen LogP contribution in [0, 0.1) is 5.92 Å². The molecule has 0 aromatic heterocycles. The van der Waals surface area contributed by atoms with E-state index in [-0.39, 0.29) is 6.10 Å². The molecule has 0 aliphatic heterocycles. The monoisotopic (exact) mass is 166 g/mol. The second-order valence-electron chi connectivity index (χ2n) is 3.72. The van der Waals surface area contributed by atoms with Gasteiger partial charge in [-0.2, -0.15) is 0 Å². The summed E-state index contributed by atoms with van der Waals surface area (Å²) in [6.45, 7) is 5.77. The number of aliphatic hydroxyl groups is 1. The van der Waals surface area contributed by atoms with Crippen LogP contribution in [0.4, 0.5) is 0 Å². The standard InChI is InChI=1S/C11H18O/c1-9(2)7-8-10-5-3-4-6-11(10)12/h7-8,10-12H,1,3-6H2,2H3/b8-7+/t10-,11+/m1/s1. The van der Waals surface area contributed by atoms with Crippen molar-refractivity contribution >= 4 is 0 Å². The molecule has 1 aliphatic rings. The molecule has 1 fully saturated rings. The fraction of sp³-hybridized carbons (Fsp3) is 0.636. The van der Waals surface area contributed by atoms with Crippen molar-refractivity contribution < 1.29 is 5.11 Å². The van der Waals surface area contributed by atoms with Crippen molar-refractivity contribution in [3.63, 3.8) is 0 Å². The Labute approximate surface area is 74.8 Å². The van der Waals surface area contributed by atoms with Crippen molar-refractivity contribution in [2.45, 2.75) is 38.7 Å². The third-order valence-corrected chi connectivity index (χ3v) is 2.41. The molecule has 1 nitrogen and oxygen atoms in total. The normalized spacial score (nSPS) is 30.8. The summed E-state index contributed by atoms with van der Waals surface area (Å²) in [4.78, 5) is 0. The van der Waals surface area contributed by atoms with Crippen LogP contribution in [-0.4, -0.2) is 11.2 Å². The van der Waals surface area contributed by atoms with Crippen molar-refractivity contribution in [1.29, 1.82) is 0 Å². The summed E-state index contributed by atoms with van der Waals surface area (Å²) in [6, 6.07) is 0. The van der Waals surface area contributed by atoms with E-state index in [1.807, 2.05) is 13.0 Å². The molecule has 0 saturated heterocycles. The lowest BCUT2D eigenvalue weighted by Crippen LogP contribution is -2.22. The summed E-state index contributed by atoms with van der Waals surface area (Å²) < 4.78 is 0. The van der Waals surface area contributed by atoms with Gasteiger partial charge in [0.15, 0.2) is 0 Å². The smallest absolute Gasteiger partial charge is 0.0602 e. The van der Waals surface area contributed by atoms with Gasteiger partial charge in [-0.25, -0.2) is 0 Å². The molecule has 0 heterocycles. The molecule has 68 valence electrons. The van der Waals surface area contributed by atoms with Crippen LogP contribution in [0.1, 0.15) is 32.6 Å². The number of allylic oxidation sites excluding steroid dienone is 2. The van der Waals surface area contributed by atoms with Crippen molar-refractivity contribution in [2.24, 2.45) is 5.92 Å². The van der Waals surface area contributed by atoms with Gasteiger partial charge in [0.2, 0.25) is 0 Å². The van der Waals surface area contributed by atoms with Crippen LogP contribution in [0.3, 0.4) is 0 Å². The van der Waals surface area contributed by atoms with Gasteiger partial charge in [-0.15, -0.1) is 0 Å². The molecule has 0 spiro atoms. The first kappa shape index (κ1) is 9.53. The topological polar surface area (TPSA) is 20.2 Å². The number of aliphatic hydroxyl groups excluding tert-OH is 1. The highest BCUT2D eigenvalue weighted by Crippen LogP contribution is 2.25. The largest absolute Gasteiger partial charge is 0.393 e. The molecule has 1 saturated carbocycles. The molecule has 1 heteroatoms. The van der Waals surface area contributed by atoms with Gasteiger partial charge >= 0.3 is 0 Å². The summed E-state index contributed by atoms with van der Waals surface area (Å²) in [7, 11) is 0. The third kappa shape index (κ3) is 2.82. The van der Waals surface area contributed by atoms with Crippen LogP contribution < -0.4 is 0 Å². The van der Waals surface area contributed by atoms with Crippen molar-refractivity contribution in [3.05, 3.63) is 24.3 Å². The van der Waals surface area contributed by atoms with E-state index < -0.39 is 0 Å². The van der Waals surface area contributed by atoms with E-state index in [9.17, 15) is 5.11 Å². The van der Waals surface area contributed by atoms with E-state index in [0.29, 0.717) is 5.92 Å². The van der Waals surface area contributed by atoms with Crippen LogP contribution in [0.25, 0.3) is 0 Å². The lowest BCUT2D eigenvalue weighted by molar-refractivity contribution is 0.0927. The Balaban J connectivity index is 2.43. The first-order chi connectivity index (χ1) is 5.70. The first-order valence-corrected chi connectivity index (χ1v) is 4.72. The van der Waals surface area contributed by atoms with Crippen LogP contribution in [-0.2, 0) is 0 Å². The SMILES string of the molecule is C=C(C)/C=C/[C@H]1CCCC[C@@H]1O. The summed E-state index contributed by atoms with van der Waals surface area (Å²) >= 11 is 0. The molecule has 0 unspecified atom stereocenters. The van der Waals surface area contributed by atoms with Gasteiger partial charge in [0, 0.05) is 5.92 Å². The Morgan fingerprint density at radius 2 is 2.08 bits per heavy atom. The molecule has 1 N–H and O–H groups in total. The average molecular weight is 166 g/mol. The van der Waals surface area contributed by atoms with Gasteiger partial charge in [-0.3, -0.25) is 0 Å². The maximum atomic E-state index is 9.60. The first-order valence-electron chi connectivity index (χ1n) is 4.72. The molecular formula is C11H18O. The van der Waals surface area contributed by atoms with E-state index in [0.717, 1.165) is 18.4 Å². The molecule has 12 heavy (non-hydrogen) atoms. The number of rotatable bonds is 2. The Bertz CT molecular complexity index is 181. The van der Waals surface area contributed by atoms with Crippen molar-refractivity contribution in [3.8, 4) is 0 Å². The van der Waals surface area contributed by atoms with E-state index >= 15 is 0 Å². The van der Waals surface area contributed by atoms with Gasteiger partial charge in [0.25, 0.3) is 0 Å². The molecule has 0 radical (unpaired) electrons. The molecule has 0 amide bonds. The fourth-order valence-corrected chi connectivity index (χ4v) is 1.65. The van der Waals surface area contributed by atoms with Crippen LogP contribution in [0.15, 0.2) is 24.3 Å². The van der Waals surface area contributed by atoms with Gasteiger partial charge in [0.1, 0.15) is 0 Å². The Kier molecular flexibility index (Phi) is 3.54. The van der Waals surface area contributed by atoms with Crippen molar-refractivity contribution in [2.75, 3.05) is 0 Å². The lowest BCUT2D eigenvalue weighted by atomic mass is 9.86. The predicted octanol–water partition coefficient (Wildman–Crippen LogP) is 2.67. The van der Waals surface area contributed by atoms with E-state index in [4.69, 9.17) is 0 Å². The van der Waals surface area contributed by atoms with Crippen LogP contribution in [0.2, 0.25) is 0 Å².